The first kappa shape index (κ1) is 12.4. The summed E-state index contributed by atoms with van der Waals surface area (Å²) >= 11 is 0. The smallest absolute Gasteiger partial charge is 0.0480 e. The molecule has 0 aliphatic rings. The van der Waals surface area contributed by atoms with Crippen molar-refractivity contribution in [2.24, 2.45) is 12.0 Å². The van der Waals surface area contributed by atoms with Crippen LogP contribution in [0.15, 0.2) is 47.6 Å². The Balaban J connectivity index is 2.53. The maximum Gasteiger partial charge on any atom is 0.0480 e. The normalized spacial score (nSPS) is 12.5. The van der Waals surface area contributed by atoms with Gasteiger partial charge in [-0.1, -0.05) is 12.1 Å². The predicted octanol–water partition coefficient (Wildman–Crippen LogP) is 4.10. The summed E-state index contributed by atoms with van der Waals surface area (Å²) in [5.41, 5.74) is 4.89. The van der Waals surface area contributed by atoms with Crippen LogP contribution in [0.25, 0.3) is 16.5 Å². The van der Waals surface area contributed by atoms with Gasteiger partial charge in [0, 0.05) is 29.8 Å². The van der Waals surface area contributed by atoms with Gasteiger partial charge in [0.2, 0.25) is 0 Å². The Morgan fingerprint density at radius 1 is 1.33 bits per heavy atom. The molecule has 0 amide bonds. The largest absolute Gasteiger partial charge is 0.348 e. The van der Waals surface area contributed by atoms with E-state index in [0.29, 0.717) is 0 Å². The molecular weight excluding hydrogens is 220 g/mol. The molecule has 0 aliphatic heterocycles. The highest BCUT2D eigenvalue weighted by Crippen LogP contribution is 2.24. The van der Waals surface area contributed by atoms with Crippen LogP contribution in [-0.2, 0) is 7.05 Å². The molecule has 92 valence electrons. The summed E-state index contributed by atoms with van der Waals surface area (Å²) in [6, 6.07) is 8.73. The van der Waals surface area contributed by atoms with E-state index in [1.165, 1.54) is 22.2 Å². The van der Waals surface area contributed by atoms with Crippen molar-refractivity contribution in [2.45, 2.75) is 13.8 Å². The molecule has 2 heteroatoms. The zero-order valence-corrected chi connectivity index (χ0v) is 11.1. The third-order valence-electron chi connectivity index (χ3n) is 3.29. The molecule has 0 aliphatic carbocycles. The molecule has 2 nitrogen and oxygen atoms in total. The molecule has 1 aromatic carbocycles. The SMILES string of the molecule is C=N/C=C\C(=C/C)c1ccc2c(c1)cc(C)n2C. The number of allylic oxidation sites excluding steroid dienone is 3. The van der Waals surface area contributed by atoms with E-state index < -0.39 is 0 Å². The van der Waals surface area contributed by atoms with Gasteiger partial charge in [-0.05, 0) is 56.0 Å². The Bertz CT molecular complexity index is 642. The first-order valence-electron chi connectivity index (χ1n) is 6.02. The number of aliphatic imine (C=N–C) groups is 1. The summed E-state index contributed by atoms with van der Waals surface area (Å²) in [6.45, 7) is 7.61. The maximum absolute atomic E-state index is 3.75. The van der Waals surface area contributed by atoms with Gasteiger partial charge >= 0.3 is 0 Å². The van der Waals surface area contributed by atoms with Crippen LogP contribution < -0.4 is 0 Å². The first-order valence-corrected chi connectivity index (χ1v) is 6.02. The lowest BCUT2D eigenvalue weighted by Gasteiger charge is -2.03. The zero-order chi connectivity index (χ0) is 13.1. The second kappa shape index (κ2) is 5.05. The number of hydrogen-bond donors (Lipinski definition) is 0. The minimum Gasteiger partial charge on any atom is -0.348 e. The van der Waals surface area contributed by atoms with Gasteiger partial charge in [-0.2, -0.15) is 0 Å². The number of rotatable bonds is 3. The predicted molar refractivity (Wildman–Crippen MR) is 80.0 cm³/mol. The van der Waals surface area contributed by atoms with Crippen molar-refractivity contribution < 1.29 is 0 Å². The first-order chi connectivity index (χ1) is 8.67. The second-order valence-corrected chi connectivity index (χ2v) is 4.36. The van der Waals surface area contributed by atoms with E-state index >= 15 is 0 Å². The molecule has 2 aromatic rings. The van der Waals surface area contributed by atoms with E-state index in [0.717, 1.165) is 5.57 Å². The van der Waals surface area contributed by atoms with Crippen LogP contribution in [0.3, 0.4) is 0 Å². The highest BCUT2D eigenvalue weighted by molar-refractivity contribution is 5.87. The van der Waals surface area contributed by atoms with Crippen LogP contribution in [0.2, 0.25) is 0 Å². The highest BCUT2D eigenvalue weighted by atomic mass is 14.9. The second-order valence-electron chi connectivity index (χ2n) is 4.36. The Kier molecular flexibility index (Phi) is 3.47. The van der Waals surface area contributed by atoms with Gasteiger partial charge in [-0.3, -0.25) is 4.99 Å². The van der Waals surface area contributed by atoms with Crippen LogP contribution in [-0.4, -0.2) is 11.3 Å². The lowest BCUT2D eigenvalue weighted by molar-refractivity contribution is 0.918. The summed E-state index contributed by atoms with van der Waals surface area (Å²) in [5, 5.41) is 1.27. The Morgan fingerprint density at radius 3 is 2.78 bits per heavy atom. The third-order valence-corrected chi connectivity index (χ3v) is 3.29. The lowest BCUT2D eigenvalue weighted by Crippen LogP contribution is -1.89. The fourth-order valence-corrected chi connectivity index (χ4v) is 2.16. The highest BCUT2D eigenvalue weighted by Gasteiger charge is 2.04. The molecular formula is C16H18N2. The van der Waals surface area contributed by atoms with Crippen LogP contribution in [0.1, 0.15) is 18.2 Å². The zero-order valence-electron chi connectivity index (χ0n) is 11.1. The van der Waals surface area contributed by atoms with Crippen LogP contribution >= 0.6 is 0 Å². The molecule has 1 aromatic heterocycles. The summed E-state index contributed by atoms with van der Waals surface area (Å²) in [5.74, 6) is 0. The van der Waals surface area contributed by atoms with Crippen molar-refractivity contribution in [1.29, 1.82) is 0 Å². The monoisotopic (exact) mass is 238 g/mol. The Labute approximate surface area is 108 Å². The molecule has 0 atom stereocenters. The van der Waals surface area contributed by atoms with Crippen LogP contribution in [0, 0.1) is 6.92 Å². The number of aryl methyl sites for hydroxylation is 2. The fraction of sp³-hybridized carbons (Fsp3) is 0.188. The quantitative estimate of drug-likeness (QED) is 0.565. The fourth-order valence-electron chi connectivity index (χ4n) is 2.16. The molecule has 0 bridgehead atoms. The Morgan fingerprint density at radius 2 is 2.11 bits per heavy atom. The molecule has 18 heavy (non-hydrogen) atoms. The van der Waals surface area contributed by atoms with Crippen LogP contribution in [0.5, 0.6) is 0 Å². The topological polar surface area (TPSA) is 17.3 Å². The van der Waals surface area contributed by atoms with Crippen molar-refractivity contribution >= 4 is 23.2 Å². The molecule has 0 spiro atoms. The Hall–Kier alpha value is -2.09. The van der Waals surface area contributed by atoms with Crippen molar-refractivity contribution in [3.63, 3.8) is 0 Å². The van der Waals surface area contributed by atoms with E-state index in [-0.39, 0.29) is 0 Å². The molecule has 0 N–H and O–H groups in total. The summed E-state index contributed by atoms with van der Waals surface area (Å²) < 4.78 is 2.20. The van der Waals surface area contributed by atoms with Gasteiger partial charge in [0.05, 0.1) is 0 Å². The van der Waals surface area contributed by atoms with Crippen molar-refractivity contribution in [1.82, 2.24) is 4.57 Å². The van der Waals surface area contributed by atoms with Gasteiger partial charge in [0.25, 0.3) is 0 Å². The number of fused-ring (bicyclic) bond motifs is 1. The number of hydrogen-bond acceptors (Lipinski definition) is 1. The van der Waals surface area contributed by atoms with E-state index in [1.54, 1.807) is 6.20 Å². The number of benzene rings is 1. The van der Waals surface area contributed by atoms with Gasteiger partial charge in [0.15, 0.2) is 0 Å². The van der Waals surface area contributed by atoms with Gasteiger partial charge in [-0.25, -0.2) is 0 Å². The third kappa shape index (κ3) is 2.14. The van der Waals surface area contributed by atoms with Crippen molar-refractivity contribution in [3.8, 4) is 0 Å². The van der Waals surface area contributed by atoms with E-state index in [1.807, 2.05) is 13.0 Å². The van der Waals surface area contributed by atoms with E-state index in [4.69, 9.17) is 0 Å². The van der Waals surface area contributed by atoms with Gasteiger partial charge in [0.1, 0.15) is 0 Å². The molecule has 2 rings (SSSR count). The number of aromatic nitrogens is 1. The van der Waals surface area contributed by atoms with Crippen molar-refractivity contribution in [3.05, 3.63) is 53.9 Å². The molecule has 0 saturated heterocycles. The molecule has 0 radical (unpaired) electrons. The average molecular weight is 238 g/mol. The molecule has 1 heterocycles. The van der Waals surface area contributed by atoms with E-state index in [2.05, 4.69) is 60.6 Å². The number of nitrogens with zero attached hydrogens (tertiary/aromatic N) is 2. The average Bonchev–Trinajstić information content (AvgIpc) is 2.66. The van der Waals surface area contributed by atoms with Crippen molar-refractivity contribution in [2.75, 3.05) is 0 Å². The summed E-state index contributed by atoms with van der Waals surface area (Å²) in [6.07, 6.45) is 5.78. The molecule has 0 fully saturated rings. The summed E-state index contributed by atoms with van der Waals surface area (Å²) in [4.78, 5) is 3.75. The van der Waals surface area contributed by atoms with Gasteiger partial charge < -0.3 is 4.57 Å². The minimum absolute atomic E-state index is 1.16. The maximum atomic E-state index is 3.75. The van der Waals surface area contributed by atoms with Crippen LogP contribution in [0.4, 0.5) is 0 Å². The molecule has 0 saturated carbocycles. The molecule has 0 unspecified atom stereocenters. The van der Waals surface area contributed by atoms with Gasteiger partial charge in [-0.15, -0.1) is 0 Å². The van der Waals surface area contributed by atoms with E-state index in [9.17, 15) is 0 Å². The minimum atomic E-state index is 1.16. The summed E-state index contributed by atoms with van der Waals surface area (Å²) in [7, 11) is 2.09. The lowest BCUT2D eigenvalue weighted by atomic mass is 10.0. The standard InChI is InChI=1S/C16H18N2/c1-5-13(8-9-17-3)14-6-7-16-15(11-14)10-12(2)18(16)4/h5-11H,3H2,1-2,4H3/b9-8-,13-5+.